The van der Waals surface area contributed by atoms with Crippen LogP contribution in [0, 0.1) is 0 Å². The zero-order valence-electron chi connectivity index (χ0n) is 13.5. The Hall–Kier alpha value is -2.18. The molecule has 1 amide bonds. The Balaban J connectivity index is 1.72. The van der Waals surface area contributed by atoms with Gasteiger partial charge in [-0.05, 0) is 43.0 Å². The van der Waals surface area contributed by atoms with Gasteiger partial charge in [0.05, 0.1) is 12.1 Å². The summed E-state index contributed by atoms with van der Waals surface area (Å²) in [6.07, 6.45) is 1.93. The van der Waals surface area contributed by atoms with Crippen LogP contribution in [0.15, 0.2) is 47.4 Å². The van der Waals surface area contributed by atoms with Gasteiger partial charge in [0.1, 0.15) is 5.60 Å². The highest BCUT2D eigenvalue weighted by atomic mass is 32.2. The molecule has 0 saturated carbocycles. The normalized spacial score (nSPS) is 15.0. The third-order valence-corrected chi connectivity index (χ3v) is 4.74. The van der Waals surface area contributed by atoms with E-state index in [1.54, 1.807) is 31.2 Å². The summed E-state index contributed by atoms with van der Waals surface area (Å²) in [5, 5.41) is 13.5. The summed E-state index contributed by atoms with van der Waals surface area (Å²) in [5.41, 5.74) is 0.0435. The van der Waals surface area contributed by atoms with Gasteiger partial charge >= 0.3 is 0 Å². The molecule has 1 unspecified atom stereocenters. The van der Waals surface area contributed by atoms with Crippen molar-refractivity contribution in [1.82, 2.24) is 5.32 Å². The summed E-state index contributed by atoms with van der Waals surface area (Å²) >= 11 is 1.51. The van der Waals surface area contributed by atoms with E-state index in [1.165, 1.54) is 11.8 Å². The van der Waals surface area contributed by atoms with Crippen LogP contribution in [0.3, 0.4) is 0 Å². The van der Waals surface area contributed by atoms with Gasteiger partial charge in [-0.2, -0.15) is 0 Å². The molecule has 0 fully saturated rings. The SMILES string of the molecule is CSc1ccccc1C(=O)NCC(C)(O)c1ccc2c(c1)OCO2. The Labute approximate surface area is 145 Å². The summed E-state index contributed by atoms with van der Waals surface area (Å²) < 4.78 is 10.6. The predicted molar refractivity (Wildman–Crippen MR) is 92.7 cm³/mol. The van der Waals surface area contributed by atoms with E-state index in [4.69, 9.17) is 9.47 Å². The number of amides is 1. The second-order valence-corrected chi connectivity index (χ2v) is 6.57. The Bertz CT molecular complexity index is 760. The number of hydrogen-bond donors (Lipinski definition) is 2. The van der Waals surface area contributed by atoms with E-state index in [9.17, 15) is 9.90 Å². The minimum absolute atomic E-state index is 0.0915. The van der Waals surface area contributed by atoms with Gasteiger partial charge < -0.3 is 19.9 Å². The van der Waals surface area contributed by atoms with Gasteiger partial charge in [0, 0.05) is 4.90 Å². The number of rotatable bonds is 5. The predicted octanol–water partition coefficient (Wildman–Crippen LogP) is 2.77. The molecular weight excluding hydrogens is 326 g/mol. The molecule has 1 heterocycles. The van der Waals surface area contributed by atoms with Gasteiger partial charge in [-0.15, -0.1) is 11.8 Å². The molecule has 1 aliphatic rings. The highest BCUT2D eigenvalue weighted by Crippen LogP contribution is 2.35. The number of nitrogens with one attached hydrogen (secondary N) is 1. The minimum atomic E-state index is -1.22. The molecule has 3 rings (SSSR count). The van der Waals surface area contributed by atoms with Gasteiger partial charge in [-0.1, -0.05) is 18.2 Å². The number of ether oxygens (including phenoxy) is 2. The molecule has 24 heavy (non-hydrogen) atoms. The maximum absolute atomic E-state index is 12.4. The van der Waals surface area contributed by atoms with Crippen LogP contribution in [-0.2, 0) is 5.60 Å². The third-order valence-electron chi connectivity index (χ3n) is 3.94. The molecular formula is C18H19NO4S. The number of benzene rings is 2. The summed E-state index contributed by atoms with van der Waals surface area (Å²) in [5.74, 6) is 1.06. The Kier molecular flexibility index (Phi) is 4.69. The van der Waals surface area contributed by atoms with Crippen LogP contribution in [0.2, 0.25) is 0 Å². The fraction of sp³-hybridized carbons (Fsp3) is 0.278. The number of fused-ring (bicyclic) bond motifs is 1. The number of aliphatic hydroxyl groups is 1. The number of carbonyl (C=O) groups excluding carboxylic acids is 1. The van der Waals surface area contributed by atoms with Crippen LogP contribution in [-0.4, -0.2) is 30.6 Å². The molecule has 5 nitrogen and oxygen atoms in total. The highest BCUT2D eigenvalue weighted by molar-refractivity contribution is 7.98. The standard InChI is InChI=1S/C18H19NO4S/c1-18(21,12-7-8-14-15(9-12)23-11-22-14)10-19-17(20)13-5-3-4-6-16(13)24-2/h3-9,21H,10-11H2,1-2H3,(H,19,20). The van der Waals surface area contributed by atoms with E-state index in [2.05, 4.69) is 5.32 Å². The molecule has 1 atom stereocenters. The van der Waals surface area contributed by atoms with Gasteiger partial charge in [-0.3, -0.25) is 4.79 Å². The van der Waals surface area contributed by atoms with E-state index in [0.29, 0.717) is 22.6 Å². The van der Waals surface area contributed by atoms with E-state index >= 15 is 0 Å². The average Bonchev–Trinajstić information content (AvgIpc) is 3.07. The van der Waals surface area contributed by atoms with Crippen LogP contribution >= 0.6 is 11.8 Å². The van der Waals surface area contributed by atoms with Gasteiger partial charge in [0.2, 0.25) is 6.79 Å². The van der Waals surface area contributed by atoms with E-state index in [0.717, 1.165) is 4.90 Å². The lowest BCUT2D eigenvalue weighted by Gasteiger charge is -2.24. The summed E-state index contributed by atoms with van der Waals surface area (Å²) in [6, 6.07) is 12.7. The molecule has 0 radical (unpaired) electrons. The molecule has 126 valence electrons. The van der Waals surface area contributed by atoms with E-state index < -0.39 is 5.60 Å². The van der Waals surface area contributed by atoms with Gasteiger partial charge in [0.25, 0.3) is 5.91 Å². The van der Waals surface area contributed by atoms with Gasteiger partial charge in [0.15, 0.2) is 11.5 Å². The Morgan fingerprint density at radius 3 is 2.79 bits per heavy atom. The minimum Gasteiger partial charge on any atom is -0.454 e. The van der Waals surface area contributed by atoms with Crippen molar-refractivity contribution in [3.63, 3.8) is 0 Å². The number of hydrogen-bond acceptors (Lipinski definition) is 5. The second kappa shape index (κ2) is 6.75. The third kappa shape index (κ3) is 3.34. The van der Waals surface area contributed by atoms with Crippen LogP contribution < -0.4 is 14.8 Å². The first-order valence-electron chi connectivity index (χ1n) is 7.55. The van der Waals surface area contributed by atoms with Crippen molar-refractivity contribution in [2.24, 2.45) is 0 Å². The summed E-state index contributed by atoms with van der Waals surface area (Å²) in [7, 11) is 0. The van der Waals surface area contributed by atoms with Crippen molar-refractivity contribution in [2.45, 2.75) is 17.4 Å². The van der Waals surface area contributed by atoms with Crippen molar-refractivity contribution in [3.05, 3.63) is 53.6 Å². The molecule has 0 spiro atoms. The molecule has 2 aromatic rings. The van der Waals surface area contributed by atoms with Crippen LogP contribution in [0.25, 0.3) is 0 Å². The Morgan fingerprint density at radius 2 is 2.00 bits per heavy atom. The van der Waals surface area contributed by atoms with Crippen molar-refractivity contribution in [2.75, 3.05) is 19.6 Å². The molecule has 2 N–H and O–H groups in total. The maximum Gasteiger partial charge on any atom is 0.252 e. The van der Waals surface area contributed by atoms with Gasteiger partial charge in [-0.25, -0.2) is 0 Å². The first-order valence-corrected chi connectivity index (χ1v) is 8.77. The molecule has 0 saturated heterocycles. The van der Waals surface area contributed by atoms with Crippen molar-refractivity contribution < 1.29 is 19.4 Å². The molecule has 0 aromatic heterocycles. The van der Waals surface area contributed by atoms with Crippen LogP contribution in [0.5, 0.6) is 11.5 Å². The van der Waals surface area contributed by atoms with Crippen molar-refractivity contribution >= 4 is 17.7 Å². The first kappa shape index (κ1) is 16.7. The topological polar surface area (TPSA) is 67.8 Å². The number of thioether (sulfide) groups is 1. The van der Waals surface area contributed by atoms with E-state index in [1.807, 2.05) is 24.5 Å². The van der Waals surface area contributed by atoms with Crippen LogP contribution in [0.1, 0.15) is 22.8 Å². The molecule has 2 aromatic carbocycles. The van der Waals surface area contributed by atoms with Crippen LogP contribution in [0.4, 0.5) is 0 Å². The zero-order valence-corrected chi connectivity index (χ0v) is 14.4. The molecule has 6 heteroatoms. The monoisotopic (exact) mass is 345 g/mol. The maximum atomic E-state index is 12.4. The lowest BCUT2D eigenvalue weighted by atomic mass is 9.95. The second-order valence-electron chi connectivity index (χ2n) is 5.72. The lowest BCUT2D eigenvalue weighted by Crippen LogP contribution is -2.38. The van der Waals surface area contributed by atoms with E-state index in [-0.39, 0.29) is 19.2 Å². The fourth-order valence-electron chi connectivity index (χ4n) is 2.51. The smallest absolute Gasteiger partial charge is 0.252 e. The largest absolute Gasteiger partial charge is 0.454 e. The lowest BCUT2D eigenvalue weighted by molar-refractivity contribution is 0.0524. The summed E-state index contributed by atoms with van der Waals surface area (Å²) in [4.78, 5) is 13.3. The fourth-order valence-corrected chi connectivity index (χ4v) is 3.11. The average molecular weight is 345 g/mol. The molecule has 0 bridgehead atoms. The quantitative estimate of drug-likeness (QED) is 0.816. The van der Waals surface area contributed by atoms with Crippen molar-refractivity contribution in [3.8, 4) is 11.5 Å². The first-order chi connectivity index (χ1) is 11.5. The molecule has 1 aliphatic heterocycles. The number of carbonyl (C=O) groups is 1. The molecule has 0 aliphatic carbocycles. The Morgan fingerprint density at radius 1 is 1.25 bits per heavy atom. The highest BCUT2D eigenvalue weighted by Gasteiger charge is 2.27. The zero-order chi connectivity index (χ0) is 17.2. The van der Waals surface area contributed by atoms with Crippen molar-refractivity contribution in [1.29, 1.82) is 0 Å². The summed E-state index contributed by atoms with van der Waals surface area (Å²) in [6.45, 7) is 1.93.